The number of nitriles is 1. The number of allylic oxidation sites excluding steroid dienone is 1. The lowest BCUT2D eigenvalue weighted by atomic mass is 10.0. The van der Waals surface area contributed by atoms with Crippen LogP contribution in [0, 0.1) is 11.3 Å². The summed E-state index contributed by atoms with van der Waals surface area (Å²) in [6.45, 7) is 8.98. The molecule has 0 bridgehead atoms. The maximum Gasteiger partial charge on any atom is 0.244 e. The van der Waals surface area contributed by atoms with Gasteiger partial charge in [-0.2, -0.15) is 5.26 Å². The highest BCUT2D eigenvalue weighted by Crippen LogP contribution is 2.19. The maximum absolute atomic E-state index is 12.0. The molecule has 0 saturated heterocycles. The molecule has 0 aliphatic rings. The molecule has 0 aliphatic carbocycles. The van der Waals surface area contributed by atoms with Crippen molar-refractivity contribution in [2.75, 3.05) is 18.9 Å². The second kappa shape index (κ2) is 8.35. The van der Waals surface area contributed by atoms with E-state index in [4.69, 9.17) is 15.7 Å². The first-order valence-corrected chi connectivity index (χ1v) is 7.69. The quantitative estimate of drug-likeness (QED) is 0.598. The lowest BCUT2D eigenvalue weighted by Gasteiger charge is -2.24. The lowest BCUT2D eigenvalue weighted by molar-refractivity contribution is -0.116. The fourth-order valence-electron chi connectivity index (χ4n) is 2.18. The predicted molar refractivity (Wildman–Crippen MR) is 92.6 cm³/mol. The predicted octanol–water partition coefficient (Wildman–Crippen LogP) is 2.87. The van der Waals surface area contributed by atoms with Gasteiger partial charge in [-0.25, -0.2) is 0 Å². The van der Waals surface area contributed by atoms with E-state index in [0.717, 1.165) is 17.6 Å². The summed E-state index contributed by atoms with van der Waals surface area (Å²) in [4.78, 5) is 12.0. The molecule has 1 aromatic carbocycles. The third kappa shape index (κ3) is 6.13. The number of amides is 1. The first-order valence-electron chi connectivity index (χ1n) is 7.69. The number of carbonyl (C=O) groups excluding carboxylic acids is 1. The number of nitrogens with one attached hydrogen (secondary N) is 1. The second-order valence-corrected chi connectivity index (χ2v) is 5.97. The molecule has 5 nitrogen and oxygen atoms in total. The Morgan fingerprint density at radius 3 is 2.78 bits per heavy atom. The van der Waals surface area contributed by atoms with E-state index >= 15 is 0 Å². The molecule has 0 heterocycles. The van der Waals surface area contributed by atoms with E-state index in [-0.39, 0.29) is 11.5 Å². The van der Waals surface area contributed by atoms with E-state index in [1.165, 1.54) is 6.08 Å². The summed E-state index contributed by atoms with van der Waals surface area (Å²) < 4.78 is 5.59. The number of anilines is 1. The van der Waals surface area contributed by atoms with Crippen LogP contribution in [0.15, 0.2) is 24.3 Å². The van der Waals surface area contributed by atoms with E-state index in [1.807, 2.05) is 33.8 Å². The molecule has 1 rings (SSSR count). The van der Waals surface area contributed by atoms with Crippen LogP contribution in [-0.4, -0.2) is 24.7 Å². The van der Waals surface area contributed by atoms with Crippen molar-refractivity contribution in [3.63, 3.8) is 0 Å². The normalized spacial score (nSPS) is 11.9. The van der Waals surface area contributed by atoms with Crippen molar-refractivity contribution < 1.29 is 9.53 Å². The van der Waals surface area contributed by atoms with Crippen molar-refractivity contribution in [1.29, 1.82) is 5.26 Å². The maximum atomic E-state index is 12.0. The Kier molecular flexibility index (Phi) is 6.80. The van der Waals surface area contributed by atoms with Crippen LogP contribution < -0.4 is 11.1 Å². The zero-order chi connectivity index (χ0) is 17.5. The minimum absolute atomic E-state index is 0.162. The van der Waals surface area contributed by atoms with E-state index in [1.54, 1.807) is 18.2 Å². The van der Waals surface area contributed by atoms with Gasteiger partial charge >= 0.3 is 0 Å². The number of rotatable bonds is 7. The SMILES string of the molecule is CCOC(C)(C)CCNC(=O)/C=C(\C)c1ccc(N)c(C#N)c1. The summed E-state index contributed by atoms with van der Waals surface area (Å²) >= 11 is 0. The molecule has 1 aromatic rings. The van der Waals surface area contributed by atoms with Gasteiger partial charge in [-0.15, -0.1) is 0 Å². The minimum Gasteiger partial charge on any atom is -0.398 e. The Labute approximate surface area is 138 Å². The van der Waals surface area contributed by atoms with E-state index < -0.39 is 0 Å². The van der Waals surface area contributed by atoms with Crippen LogP contribution >= 0.6 is 0 Å². The van der Waals surface area contributed by atoms with E-state index in [9.17, 15) is 4.79 Å². The molecule has 0 fully saturated rings. The topological polar surface area (TPSA) is 88.1 Å². The molecule has 0 spiro atoms. The van der Waals surface area contributed by atoms with Gasteiger partial charge in [0.1, 0.15) is 6.07 Å². The third-order valence-electron chi connectivity index (χ3n) is 3.54. The van der Waals surface area contributed by atoms with Crippen LogP contribution in [0.4, 0.5) is 5.69 Å². The molecule has 0 atom stereocenters. The Morgan fingerprint density at radius 2 is 2.17 bits per heavy atom. The number of benzene rings is 1. The van der Waals surface area contributed by atoms with Gasteiger partial charge in [0, 0.05) is 24.9 Å². The number of carbonyl (C=O) groups is 1. The monoisotopic (exact) mass is 315 g/mol. The summed E-state index contributed by atoms with van der Waals surface area (Å²) in [7, 11) is 0. The number of nitrogens with zero attached hydrogens (tertiary/aromatic N) is 1. The first-order chi connectivity index (χ1) is 10.8. The first kappa shape index (κ1) is 18.7. The molecular weight excluding hydrogens is 290 g/mol. The fraction of sp³-hybridized carbons (Fsp3) is 0.444. The van der Waals surface area contributed by atoms with Gasteiger partial charge < -0.3 is 15.8 Å². The van der Waals surface area contributed by atoms with Crippen LogP contribution in [-0.2, 0) is 9.53 Å². The highest BCUT2D eigenvalue weighted by Gasteiger charge is 2.17. The van der Waals surface area contributed by atoms with Gasteiger partial charge in [0.2, 0.25) is 5.91 Å². The van der Waals surface area contributed by atoms with E-state index in [2.05, 4.69) is 5.32 Å². The van der Waals surface area contributed by atoms with Gasteiger partial charge in [-0.05, 0) is 57.4 Å². The molecule has 0 saturated carbocycles. The summed E-state index contributed by atoms with van der Waals surface area (Å²) in [5.41, 5.74) is 7.88. The number of hydrogen-bond acceptors (Lipinski definition) is 4. The molecule has 3 N–H and O–H groups in total. The Balaban J connectivity index is 2.64. The minimum atomic E-state index is -0.251. The molecule has 0 aliphatic heterocycles. The zero-order valence-electron chi connectivity index (χ0n) is 14.3. The number of nitrogens with two attached hydrogens (primary N) is 1. The van der Waals surface area contributed by atoms with Crippen molar-refractivity contribution in [3.05, 3.63) is 35.4 Å². The smallest absolute Gasteiger partial charge is 0.244 e. The largest absolute Gasteiger partial charge is 0.398 e. The average molecular weight is 315 g/mol. The zero-order valence-corrected chi connectivity index (χ0v) is 14.3. The van der Waals surface area contributed by atoms with Crippen molar-refractivity contribution in [2.45, 2.75) is 39.7 Å². The van der Waals surface area contributed by atoms with Crippen LogP contribution in [0.5, 0.6) is 0 Å². The molecule has 23 heavy (non-hydrogen) atoms. The number of ether oxygens (including phenoxy) is 1. The van der Waals surface area contributed by atoms with Gasteiger partial charge in [0.05, 0.1) is 11.2 Å². The van der Waals surface area contributed by atoms with Crippen molar-refractivity contribution in [1.82, 2.24) is 5.32 Å². The standard InChI is InChI=1S/C18H25N3O2/c1-5-23-18(3,4)8-9-21-17(22)10-13(2)14-6-7-16(20)15(11-14)12-19/h6-7,10-11H,5,8-9,20H2,1-4H3,(H,21,22)/b13-10+. The summed E-state index contributed by atoms with van der Waals surface area (Å²) in [6.07, 6.45) is 2.26. The van der Waals surface area contributed by atoms with Gasteiger partial charge in [-0.3, -0.25) is 4.79 Å². The summed E-state index contributed by atoms with van der Waals surface area (Å²) in [5, 5.41) is 11.9. The third-order valence-corrected chi connectivity index (χ3v) is 3.54. The number of nitrogen functional groups attached to an aromatic ring is 1. The molecule has 0 aromatic heterocycles. The Hall–Kier alpha value is -2.32. The van der Waals surface area contributed by atoms with Crippen molar-refractivity contribution in [3.8, 4) is 6.07 Å². The Morgan fingerprint density at radius 1 is 1.48 bits per heavy atom. The molecule has 124 valence electrons. The van der Waals surface area contributed by atoms with Gasteiger partial charge in [-0.1, -0.05) is 6.07 Å². The second-order valence-electron chi connectivity index (χ2n) is 5.97. The van der Waals surface area contributed by atoms with Crippen LogP contribution in [0.1, 0.15) is 45.2 Å². The van der Waals surface area contributed by atoms with Crippen LogP contribution in [0.3, 0.4) is 0 Å². The molecule has 0 unspecified atom stereocenters. The fourth-order valence-corrected chi connectivity index (χ4v) is 2.18. The molecule has 0 radical (unpaired) electrons. The average Bonchev–Trinajstić information content (AvgIpc) is 2.47. The molecular formula is C18H25N3O2. The van der Waals surface area contributed by atoms with Crippen LogP contribution in [0.2, 0.25) is 0 Å². The lowest BCUT2D eigenvalue weighted by Crippen LogP contribution is -2.32. The summed E-state index contributed by atoms with van der Waals surface area (Å²) in [5.74, 6) is -0.162. The van der Waals surface area contributed by atoms with E-state index in [0.29, 0.717) is 24.4 Å². The van der Waals surface area contributed by atoms with Crippen molar-refractivity contribution >= 4 is 17.2 Å². The number of hydrogen-bond donors (Lipinski definition) is 2. The highest BCUT2D eigenvalue weighted by atomic mass is 16.5. The molecule has 5 heteroatoms. The van der Waals surface area contributed by atoms with Gasteiger partial charge in [0.15, 0.2) is 0 Å². The van der Waals surface area contributed by atoms with Crippen molar-refractivity contribution in [2.24, 2.45) is 0 Å². The van der Waals surface area contributed by atoms with Crippen LogP contribution in [0.25, 0.3) is 5.57 Å². The summed E-state index contributed by atoms with van der Waals surface area (Å²) in [6, 6.07) is 7.20. The highest BCUT2D eigenvalue weighted by molar-refractivity contribution is 5.95. The van der Waals surface area contributed by atoms with Gasteiger partial charge in [0.25, 0.3) is 0 Å². The Bertz CT molecular complexity index is 628. The molecule has 1 amide bonds.